The van der Waals surface area contributed by atoms with E-state index in [9.17, 15) is 0 Å². The molecule has 0 aliphatic heterocycles. The molecule has 6 aromatic rings. The van der Waals surface area contributed by atoms with Gasteiger partial charge in [0.1, 0.15) is 0 Å². The van der Waals surface area contributed by atoms with Crippen molar-refractivity contribution in [2.24, 2.45) is 0 Å². The van der Waals surface area contributed by atoms with Crippen LogP contribution in [0.5, 0.6) is 0 Å². The second-order valence-electron chi connectivity index (χ2n) is 7.58. The van der Waals surface area contributed by atoms with Crippen molar-refractivity contribution in [2.75, 3.05) is 0 Å². The number of hydrogen-bond donors (Lipinski definition) is 0. The molecule has 140 valence electrons. The Morgan fingerprint density at radius 1 is 0.433 bits per heavy atom. The van der Waals surface area contributed by atoms with Gasteiger partial charge in [-0.25, -0.2) is 4.98 Å². The molecule has 30 heavy (non-hydrogen) atoms. The van der Waals surface area contributed by atoms with E-state index in [1.165, 1.54) is 16.2 Å². The predicted molar refractivity (Wildman–Crippen MR) is 125 cm³/mol. The molecule has 0 fully saturated rings. The van der Waals surface area contributed by atoms with Gasteiger partial charge in [-0.3, -0.25) is 4.98 Å². The van der Waals surface area contributed by atoms with E-state index in [1.54, 1.807) is 0 Å². The summed E-state index contributed by atoms with van der Waals surface area (Å²) in [5, 5.41) is 5.93. The molecule has 0 radical (unpaired) electrons. The average molecular weight is 382 g/mol. The Morgan fingerprint density at radius 3 is 1.97 bits per heavy atom. The molecular formula is C28H18N2. The lowest BCUT2D eigenvalue weighted by Crippen LogP contribution is -1.88. The maximum Gasteiger partial charge on any atom is 0.0709 e. The van der Waals surface area contributed by atoms with E-state index >= 15 is 0 Å². The van der Waals surface area contributed by atoms with Crippen LogP contribution < -0.4 is 0 Å². The molecule has 0 unspecified atom stereocenters. The van der Waals surface area contributed by atoms with E-state index in [0.29, 0.717) is 0 Å². The number of para-hydroxylation sites is 1. The summed E-state index contributed by atoms with van der Waals surface area (Å²) in [6.07, 6.45) is 1.96. The quantitative estimate of drug-likeness (QED) is 0.315. The lowest BCUT2D eigenvalue weighted by Gasteiger charge is -2.08. The summed E-state index contributed by atoms with van der Waals surface area (Å²) in [6.45, 7) is 0. The predicted octanol–water partition coefficient (Wildman–Crippen LogP) is 7.27. The smallest absolute Gasteiger partial charge is 0.0709 e. The third-order valence-electron chi connectivity index (χ3n) is 5.66. The zero-order chi connectivity index (χ0) is 19.9. The highest BCUT2D eigenvalue weighted by Gasteiger charge is 2.06. The molecule has 2 aromatic heterocycles. The summed E-state index contributed by atoms with van der Waals surface area (Å²) >= 11 is 0. The molecule has 0 saturated heterocycles. The highest BCUT2D eigenvalue weighted by atomic mass is 14.7. The Morgan fingerprint density at radius 2 is 1.07 bits per heavy atom. The van der Waals surface area contributed by atoms with Gasteiger partial charge in [0.15, 0.2) is 0 Å². The van der Waals surface area contributed by atoms with Crippen LogP contribution in [0.25, 0.3) is 55.0 Å². The molecule has 0 bridgehead atoms. The first-order valence-corrected chi connectivity index (χ1v) is 10.1. The second kappa shape index (κ2) is 6.78. The normalized spacial score (nSPS) is 11.3. The average Bonchev–Trinajstić information content (AvgIpc) is 2.83. The van der Waals surface area contributed by atoms with Gasteiger partial charge in [0, 0.05) is 28.1 Å². The molecule has 0 spiro atoms. The van der Waals surface area contributed by atoms with Gasteiger partial charge in [0.2, 0.25) is 0 Å². The van der Waals surface area contributed by atoms with Crippen LogP contribution in [-0.2, 0) is 0 Å². The monoisotopic (exact) mass is 382 g/mol. The number of rotatable bonds is 2. The molecule has 2 heteroatoms. The lowest BCUT2D eigenvalue weighted by atomic mass is 10.0. The Bertz CT molecular complexity index is 1430. The van der Waals surface area contributed by atoms with Gasteiger partial charge in [-0.05, 0) is 46.5 Å². The molecule has 6 rings (SSSR count). The summed E-state index contributed by atoms with van der Waals surface area (Å²) in [5.41, 5.74) is 5.23. The molecule has 0 aliphatic rings. The Kier molecular flexibility index (Phi) is 3.82. The van der Waals surface area contributed by atoms with Crippen LogP contribution in [0.1, 0.15) is 0 Å². The summed E-state index contributed by atoms with van der Waals surface area (Å²) in [7, 11) is 0. The first-order chi connectivity index (χ1) is 14.8. The summed E-state index contributed by atoms with van der Waals surface area (Å²) in [5.74, 6) is 0. The summed E-state index contributed by atoms with van der Waals surface area (Å²) in [4.78, 5) is 9.57. The number of fused-ring (bicyclic) bond motifs is 3. The molecule has 4 aromatic carbocycles. The van der Waals surface area contributed by atoms with Gasteiger partial charge >= 0.3 is 0 Å². The largest absolute Gasteiger partial charge is 0.256 e. The number of benzene rings is 4. The van der Waals surface area contributed by atoms with Crippen molar-refractivity contribution in [3.63, 3.8) is 0 Å². The topological polar surface area (TPSA) is 25.8 Å². The van der Waals surface area contributed by atoms with Crippen LogP contribution in [0.2, 0.25) is 0 Å². The molecule has 0 atom stereocenters. The molecule has 2 heterocycles. The Labute approximate surface area is 174 Å². The van der Waals surface area contributed by atoms with Crippen molar-refractivity contribution in [3.05, 3.63) is 109 Å². The highest BCUT2D eigenvalue weighted by molar-refractivity contribution is 5.92. The zero-order valence-corrected chi connectivity index (χ0v) is 16.3. The van der Waals surface area contributed by atoms with Gasteiger partial charge in [-0.1, -0.05) is 72.8 Å². The van der Waals surface area contributed by atoms with Gasteiger partial charge in [0.05, 0.1) is 16.9 Å². The number of nitrogens with zero attached hydrogens (tertiary/aromatic N) is 2. The number of aromatic nitrogens is 2. The molecule has 0 saturated carbocycles. The molecule has 0 N–H and O–H groups in total. The van der Waals surface area contributed by atoms with Crippen molar-refractivity contribution < 1.29 is 0 Å². The number of pyridine rings is 2. The van der Waals surface area contributed by atoms with E-state index in [-0.39, 0.29) is 0 Å². The van der Waals surface area contributed by atoms with Crippen LogP contribution >= 0.6 is 0 Å². The second-order valence-corrected chi connectivity index (χ2v) is 7.58. The maximum absolute atomic E-state index is 4.83. The van der Waals surface area contributed by atoms with E-state index in [4.69, 9.17) is 9.97 Å². The lowest BCUT2D eigenvalue weighted by molar-refractivity contribution is 1.36. The van der Waals surface area contributed by atoms with E-state index in [1.807, 2.05) is 18.3 Å². The van der Waals surface area contributed by atoms with Crippen molar-refractivity contribution in [2.45, 2.75) is 0 Å². The van der Waals surface area contributed by atoms with Crippen LogP contribution in [0.4, 0.5) is 0 Å². The third-order valence-corrected chi connectivity index (χ3v) is 5.66. The molecule has 2 nitrogen and oxygen atoms in total. The number of hydrogen-bond acceptors (Lipinski definition) is 2. The van der Waals surface area contributed by atoms with Crippen molar-refractivity contribution in [1.82, 2.24) is 9.97 Å². The van der Waals surface area contributed by atoms with Crippen molar-refractivity contribution >= 4 is 32.4 Å². The van der Waals surface area contributed by atoms with E-state index in [2.05, 4.69) is 91.0 Å². The van der Waals surface area contributed by atoms with Crippen LogP contribution in [0, 0.1) is 0 Å². The van der Waals surface area contributed by atoms with Crippen molar-refractivity contribution in [3.8, 4) is 22.5 Å². The standard InChI is InChI=1S/C28H18N2/c1-2-7-21-15-24(11-9-19(21)5-1)28-17-22-10-12-23(16-25(22)18-29-28)27-14-13-20-6-3-4-8-26(20)30-27/h1-18H. The zero-order valence-electron chi connectivity index (χ0n) is 16.3. The SMILES string of the molecule is c1ccc2cc(-c3cc4ccc(-c5ccc6ccccc6n5)cc4cn3)ccc2c1. The minimum absolute atomic E-state index is 0.981. The third kappa shape index (κ3) is 2.90. The highest BCUT2D eigenvalue weighted by Crippen LogP contribution is 2.28. The Balaban J connectivity index is 1.41. The first kappa shape index (κ1) is 16.9. The Hall–Kier alpha value is -4.04. The summed E-state index contributed by atoms with van der Waals surface area (Å²) in [6, 6.07) is 36.0. The van der Waals surface area contributed by atoms with E-state index in [0.717, 1.165) is 38.8 Å². The van der Waals surface area contributed by atoms with Crippen LogP contribution in [0.15, 0.2) is 109 Å². The van der Waals surface area contributed by atoms with E-state index < -0.39 is 0 Å². The van der Waals surface area contributed by atoms with Crippen LogP contribution in [0.3, 0.4) is 0 Å². The minimum Gasteiger partial charge on any atom is -0.256 e. The fraction of sp³-hybridized carbons (Fsp3) is 0. The summed E-state index contributed by atoms with van der Waals surface area (Å²) < 4.78 is 0. The van der Waals surface area contributed by atoms with Gasteiger partial charge < -0.3 is 0 Å². The van der Waals surface area contributed by atoms with Crippen molar-refractivity contribution in [1.29, 1.82) is 0 Å². The van der Waals surface area contributed by atoms with Crippen LogP contribution in [-0.4, -0.2) is 9.97 Å². The van der Waals surface area contributed by atoms with Gasteiger partial charge in [0.25, 0.3) is 0 Å². The molecule has 0 amide bonds. The fourth-order valence-corrected chi connectivity index (χ4v) is 4.03. The first-order valence-electron chi connectivity index (χ1n) is 10.1. The molecular weight excluding hydrogens is 364 g/mol. The maximum atomic E-state index is 4.83. The minimum atomic E-state index is 0.981. The molecule has 0 aliphatic carbocycles. The van der Waals surface area contributed by atoms with Gasteiger partial charge in [-0.2, -0.15) is 0 Å². The fourth-order valence-electron chi connectivity index (χ4n) is 4.03. The van der Waals surface area contributed by atoms with Gasteiger partial charge in [-0.15, -0.1) is 0 Å².